The Balaban J connectivity index is -0.000000763. The molecule has 0 amide bonds. The molecule has 0 aromatic heterocycles. The second kappa shape index (κ2) is 36.8. The van der Waals surface area contributed by atoms with Crippen LogP contribution in [0.5, 0.6) is 0 Å². The molecule has 0 saturated heterocycles. The van der Waals surface area contributed by atoms with E-state index in [9.17, 15) is 14.4 Å². The molecule has 3 N–H and O–H groups in total. The Morgan fingerprint density at radius 2 is 0.915 bits per heavy atom. The summed E-state index contributed by atoms with van der Waals surface area (Å²) in [5.74, 6) is -0.714. The number of ether oxygens (including phenoxy) is 2. The van der Waals surface area contributed by atoms with Crippen LogP contribution in [0.25, 0.3) is 0 Å². The van der Waals surface area contributed by atoms with E-state index in [1.165, 1.54) is 6.08 Å². The Bertz CT molecular complexity index is 852. The van der Waals surface area contributed by atoms with Crippen LogP contribution in [0.1, 0.15) is 116 Å². The van der Waals surface area contributed by atoms with E-state index in [4.69, 9.17) is 24.9 Å². The first-order valence-electron chi connectivity index (χ1n) is 16.5. The molecule has 0 heterocycles. The fourth-order valence-electron chi connectivity index (χ4n) is 3.86. The molecular formula is C38H62O9. The zero-order chi connectivity index (χ0) is 36.1. The second-order valence-electron chi connectivity index (χ2n) is 10.8. The predicted molar refractivity (Wildman–Crippen MR) is 191 cm³/mol. The third-order valence-electron chi connectivity index (χ3n) is 6.56. The van der Waals surface area contributed by atoms with Crippen LogP contribution < -0.4 is 0 Å². The summed E-state index contributed by atoms with van der Waals surface area (Å²) in [4.78, 5) is 37.5. The maximum Gasteiger partial charge on any atom is 0.306 e. The van der Waals surface area contributed by atoms with Gasteiger partial charge < -0.3 is 24.6 Å². The zero-order valence-electron chi connectivity index (χ0n) is 28.7. The van der Waals surface area contributed by atoms with Crippen molar-refractivity contribution >= 4 is 17.9 Å². The van der Waals surface area contributed by atoms with E-state index in [1.54, 1.807) is 30.4 Å². The van der Waals surface area contributed by atoms with Crippen molar-refractivity contribution in [2.75, 3.05) is 0 Å². The van der Waals surface area contributed by atoms with Gasteiger partial charge in [-0.25, -0.2) is 5.26 Å². The monoisotopic (exact) mass is 662 g/mol. The highest BCUT2D eigenvalue weighted by Gasteiger charge is 2.10. The first kappa shape index (κ1) is 47.7. The van der Waals surface area contributed by atoms with Crippen LogP contribution in [0.3, 0.4) is 0 Å². The molecule has 0 fully saturated rings. The number of carboxylic acid groups (broad SMARTS) is 1. The number of hydrogen-bond acceptors (Lipinski definition) is 8. The number of esters is 2. The molecule has 0 radical (unpaired) electrons. The van der Waals surface area contributed by atoms with Gasteiger partial charge >= 0.3 is 17.9 Å². The third kappa shape index (κ3) is 38.4. The van der Waals surface area contributed by atoms with Gasteiger partial charge in [0.15, 0.2) is 0 Å². The number of rotatable bonds is 29. The van der Waals surface area contributed by atoms with Crippen LogP contribution in [-0.2, 0) is 28.7 Å². The fourth-order valence-corrected chi connectivity index (χ4v) is 3.86. The largest absolute Gasteiger partial charge is 0.481 e. The summed E-state index contributed by atoms with van der Waals surface area (Å²) in [6.07, 6.45) is 22.8. The number of allylic oxidation sites excluding steroid dienone is 1. The average Bonchev–Trinajstić information content (AvgIpc) is 3.05. The summed E-state index contributed by atoms with van der Waals surface area (Å²) in [6.45, 7) is 24.8. The van der Waals surface area contributed by atoms with Gasteiger partial charge in [-0.3, -0.25) is 14.4 Å². The van der Waals surface area contributed by atoms with E-state index < -0.39 is 12.1 Å². The molecule has 0 aromatic carbocycles. The molecule has 3 atom stereocenters. The van der Waals surface area contributed by atoms with Gasteiger partial charge in [0.1, 0.15) is 18.0 Å². The van der Waals surface area contributed by atoms with Crippen LogP contribution in [0.2, 0.25) is 0 Å². The van der Waals surface area contributed by atoms with E-state index in [0.717, 1.165) is 70.6 Å². The fraction of sp³-hybridized carbons (Fsp3) is 0.553. The lowest BCUT2D eigenvalue weighted by atomic mass is 10.1. The third-order valence-corrected chi connectivity index (χ3v) is 6.56. The summed E-state index contributed by atoms with van der Waals surface area (Å²) in [5, 5.41) is 25.2. The maximum absolute atomic E-state index is 11.7. The highest BCUT2D eigenvalue weighted by molar-refractivity contribution is 5.70. The number of carbonyl (C=O) groups excluding carboxylic acids is 2. The molecule has 0 aliphatic carbocycles. The van der Waals surface area contributed by atoms with Gasteiger partial charge in [-0.15, -0.1) is 26.3 Å². The predicted octanol–water partition coefficient (Wildman–Crippen LogP) is 9.37. The number of aliphatic hydroxyl groups excluding tert-OH is 1. The average molecular weight is 663 g/mol. The maximum atomic E-state index is 11.7. The van der Waals surface area contributed by atoms with Crippen molar-refractivity contribution in [2.45, 2.75) is 134 Å². The number of carboxylic acids is 1. The van der Waals surface area contributed by atoms with Crippen molar-refractivity contribution in [3.63, 3.8) is 0 Å². The van der Waals surface area contributed by atoms with Crippen molar-refractivity contribution in [1.82, 2.24) is 0 Å². The minimum absolute atomic E-state index is 0.184. The summed E-state index contributed by atoms with van der Waals surface area (Å²) < 4.78 is 10.6. The first-order chi connectivity index (χ1) is 22.5. The molecule has 0 saturated carbocycles. The molecule has 47 heavy (non-hydrogen) atoms. The van der Waals surface area contributed by atoms with E-state index in [1.807, 2.05) is 0 Å². The number of aliphatic carboxylic acids is 1. The van der Waals surface area contributed by atoms with Crippen molar-refractivity contribution in [1.29, 1.82) is 0 Å². The smallest absolute Gasteiger partial charge is 0.306 e. The number of carbonyl (C=O) groups is 3. The van der Waals surface area contributed by atoms with E-state index >= 15 is 0 Å². The Labute approximate surface area is 284 Å². The van der Waals surface area contributed by atoms with Crippen LogP contribution >= 0.6 is 0 Å². The van der Waals surface area contributed by atoms with Crippen molar-refractivity contribution in [2.24, 2.45) is 0 Å². The lowest BCUT2D eigenvalue weighted by Gasteiger charge is -2.12. The molecule has 0 bridgehead atoms. The van der Waals surface area contributed by atoms with Crippen molar-refractivity contribution < 1.29 is 44.2 Å². The molecule has 0 spiro atoms. The van der Waals surface area contributed by atoms with Gasteiger partial charge in [0.05, 0.1) is 6.10 Å². The van der Waals surface area contributed by atoms with Crippen LogP contribution in [0.15, 0.2) is 88.3 Å². The van der Waals surface area contributed by atoms with Crippen molar-refractivity contribution in [3.8, 4) is 0 Å². The van der Waals surface area contributed by atoms with Crippen LogP contribution in [-0.4, -0.2) is 51.7 Å². The Hall–Kier alpha value is -3.69. The normalized spacial score (nSPS) is 11.7. The summed E-state index contributed by atoms with van der Waals surface area (Å²) in [5.41, 5.74) is 0. The van der Waals surface area contributed by atoms with Gasteiger partial charge in [0, 0.05) is 38.5 Å². The molecule has 0 rings (SSSR count). The molecule has 0 aromatic rings. The van der Waals surface area contributed by atoms with Gasteiger partial charge in [0.25, 0.3) is 0 Å². The molecule has 9 nitrogen and oxygen atoms in total. The summed E-state index contributed by atoms with van der Waals surface area (Å²) in [7, 11) is 0. The molecule has 0 aliphatic heterocycles. The minimum atomic E-state index is -0.730. The first-order valence-corrected chi connectivity index (χ1v) is 16.5. The number of aliphatic hydroxyl groups is 1. The minimum Gasteiger partial charge on any atom is -0.481 e. The Morgan fingerprint density at radius 1 is 0.553 bits per heavy atom. The van der Waals surface area contributed by atoms with Crippen LogP contribution in [0, 0.1) is 0 Å². The highest BCUT2D eigenvalue weighted by atomic mass is 17.1. The van der Waals surface area contributed by atoms with E-state index in [2.05, 4.69) is 50.9 Å². The van der Waals surface area contributed by atoms with Gasteiger partial charge in [-0.2, -0.15) is 0 Å². The quantitative estimate of drug-likeness (QED) is 0.0178. The number of hydrogen-bond donors (Lipinski definition) is 3. The number of unbranched alkanes of at least 4 members (excludes halogenated alkanes) is 9. The van der Waals surface area contributed by atoms with Crippen LogP contribution in [0.4, 0.5) is 0 Å². The summed E-state index contributed by atoms with van der Waals surface area (Å²) in [6, 6.07) is 0. The highest BCUT2D eigenvalue weighted by Crippen LogP contribution is 2.13. The van der Waals surface area contributed by atoms with Gasteiger partial charge in [0.2, 0.25) is 0 Å². The second-order valence-corrected chi connectivity index (χ2v) is 10.8. The Kier molecular flexibility index (Phi) is 37.3. The zero-order valence-corrected chi connectivity index (χ0v) is 28.7. The topological polar surface area (TPSA) is 140 Å². The standard InChI is InChI=1S/C22H34O4.C10H18O4.C6H10O/c1-5-15-19(7-3)25-21(23)17-13-11-9-10-12-14-18-22(24)26-20(8-4)16-6-2;1-9(14-13)7-5-3-2-4-6-8-10(11)12;1-3-5-6(7)4-2/h5-8,19-20H,1-4,9-18H2;13H,1-8H2,(H,11,12);3-4,6-7H,1-2,5H2. The SMILES string of the molecule is C=C(CCCCCCCC(=O)O)OO.C=CCC(C=C)OC(=O)CCCCCCCCC(=O)OC(C=C)CC=C.C=CCC(O)C=C. The molecular weight excluding hydrogens is 600 g/mol. The lowest BCUT2D eigenvalue weighted by molar-refractivity contribution is -0.205. The molecule has 3 unspecified atom stereocenters. The summed E-state index contributed by atoms with van der Waals surface area (Å²) >= 11 is 0. The van der Waals surface area contributed by atoms with Gasteiger partial charge in [-0.1, -0.05) is 101 Å². The van der Waals surface area contributed by atoms with E-state index in [0.29, 0.717) is 44.3 Å². The molecule has 0 aliphatic rings. The molecule has 9 heteroatoms. The van der Waals surface area contributed by atoms with Crippen molar-refractivity contribution in [3.05, 3.63) is 88.3 Å². The molecule has 268 valence electrons. The Morgan fingerprint density at radius 3 is 1.21 bits per heavy atom. The lowest BCUT2D eigenvalue weighted by Crippen LogP contribution is -2.15. The van der Waals surface area contributed by atoms with Gasteiger partial charge in [-0.05, 0) is 32.1 Å². The van der Waals surface area contributed by atoms with E-state index in [-0.39, 0.29) is 30.6 Å².